The highest BCUT2D eigenvalue weighted by molar-refractivity contribution is 7.92. The smallest absolute Gasteiger partial charge is 0.315 e. The van der Waals surface area contributed by atoms with E-state index in [1.165, 1.54) is 16.4 Å². The number of carbonyl (C=O) groups excluding carboxylic acids is 2. The van der Waals surface area contributed by atoms with Gasteiger partial charge in [-0.1, -0.05) is 12.5 Å². The van der Waals surface area contributed by atoms with Crippen molar-refractivity contribution in [3.05, 3.63) is 24.3 Å². The first-order chi connectivity index (χ1) is 15.2. The van der Waals surface area contributed by atoms with E-state index in [0.717, 1.165) is 12.8 Å². The number of benzene rings is 1. The molecule has 0 saturated carbocycles. The molecule has 3 N–H and O–H groups in total. The average Bonchev–Trinajstić information content (AvgIpc) is 3.42. The molecule has 10 nitrogen and oxygen atoms in total. The minimum Gasteiger partial charge on any atom is -0.332 e. The third-order valence-electron chi connectivity index (χ3n) is 6.28. The molecule has 3 aliphatic rings. The Balaban J connectivity index is 1.27. The topological polar surface area (TPSA) is 142 Å². The van der Waals surface area contributed by atoms with Crippen LogP contribution < -0.4 is 16.0 Å². The molecule has 3 amide bonds. The second-order valence-electron chi connectivity index (χ2n) is 8.55. The third kappa shape index (κ3) is 4.76. The molecule has 1 aromatic carbocycles. The Hall–Kier alpha value is -2.18. The first-order valence-electron chi connectivity index (χ1n) is 10.9. The van der Waals surface area contributed by atoms with E-state index in [0.29, 0.717) is 38.0 Å². The number of amides is 3. The minimum absolute atomic E-state index is 0.0573. The van der Waals surface area contributed by atoms with Crippen LogP contribution in [-0.4, -0.2) is 69.3 Å². The van der Waals surface area contributed by atoms with Gasteiger partial charge in [0.05, 0.1) is 28.0 Å². The van der Waals surface area contributed by atoms with Crippen molar-refractivity contribution in [3.63, 3.8) is 0 Å². The molecule has 32 heavy (non-hydrogen) atoms. The van der Waals surface area contributed by atoms with Gasteiger partial charge < -0.3 is 16.0 Å². The maximum absolute atomic E-state index is 12.7. The van der Waals surface area contributed by atoms with Crippen LogP contribution in [-0.2, 0) is 24.7 Å². The van der Waals surface area contributed by atoms with E-state index in [9.17, 15) is 26.4 Å². The molecular formula is C20H28N4O6S2. The molecule has 3 heterocycles. The average molecular weight is 485 g/mol. The molecule has 0 aromatic heterocycles. The highest BCUT2D eigenvalue weighted by Crippen LogP contribution is 2.28. The van der Waals surface area contributed by atoms with Crippen molar-refractivity contribution >= 4 is 37.5 Å². The normalized spacial score (nSPS) is 27.0. The van der Waals surface area contributed by atoms with Crippen LogP contribution in [0.2, 0.25) is 0 Å². The van der Waals surface area contributed by atoms with E-state index in [1.807, 2.05) is 0 Å². The first-order valence-corrected chi connectivity index (χ1v) is 14.0. The lowest BCUT2D eigenvalue weighted by molar-refractivity contribution is -0.116. The SMILES string of the molecule is O=C(CCCC[C@@H]1[C@H]2NC(=O)N[C@@H]2CS1(=O)=O)Nc1cccc(S(=O)(=O)N2CCCC2)c1. The molecule has 0 unspecified atom stereocenters. The van der Waals surface area contributed by atoms with E-state index in [2.05, 4.69) is 16.0 Å². The number of rotatable bonds is 8. The van der Waals surface area contributed by atoms with Crippen LogP contribution in [0.3, 0.4) is 0 Å². The van der Waals surface area contributed by atoms with Gasteiger partial charge in [0.2, 0.25) is 15.9 Å². The number of nitrogens with one attached hydrogen (secondary N) is 3. The van der Waals surface area contributed by atoms with Gasteiger partial charge >= 0.3 is 6.03 Å². The highest BCUT2D eigenvalue weighted by Gasteiger charge is 2.51. The number of hydrogen-bond donors (Lipinski definition) is 3. The molecule has 3 fully saturated rings. The van der Waals surface area contributed by atoms with Gasteiger partial charge in [-0.2, -0.15) is 4.31 Å². The molecule has 12 heteroatoms. The summed E-state index contributed by atoms with van der Waals surface area (Å²) in [5.74, 6) is -0.318. The van der Waals surface area contributed by atoms with Crippen LogP contribution in [0, 0.1) is 0 Å². The maximum Gasteiger partial charge on any atom is 0.315 e. The molecule has 3 saturated heterocycles. The lowest BCUT2D eigenvalue weighted by Crippen LogP contribution is -2.39. The van der Waals surface area contributed by atoms with Crippen molar-refractivity contribution in [2.45, 2.75) is 60.8 Å². The molecule has 176 valence electrons. The lowest BCUT2D eigenvalue weighted by atomic mass is 10.0. The van der Waals surface area contributed by atoms with Crippen LogP contribution in [0.1, 0.15) is 38.5 Å². The van der Waals surface area contributed by atoms with Crippen molar-refractivity contribution in [1.82, 2.24) is 14.9 Å². The monoisotopic (exact) mass is 484 g/mol. The van der Waals surface area contributed by atoms with Crippen molar-refractivity contribution in [1.29, 1.82) is 0 Å². The number of hydrogen-bond acceptors (Lipinski definition) is 6. The van der Waals surface area contributed by atoms with E-state index >= 15 is 0 Å². The summed E-state index contributed by atoms with van der Waals surface area (Å²) >= 11 is 0. The van der Waals surface area contributed by atoms with Crippen molar-refractivity contribution in [2.75, 3.05) is 24.2 Å². The number of nitrogens with zero attached hydrogens (tertiary/aromatic N) is 1. The number of anilines is 1. The molecule has 3 aliphatic heterocycles. The van der Waals surface area contributed by atoms with E-state index < -0.39 is 31.2 Å². The van der Waals surface area contributed by atoms with Gasteiger partial charge in [0.1, 0.15) is 0 Å². The number of urea groups is 1. The standard InChI is InChI=1S/C20H28N4O6S2/c25-18(9-2-1-8-17-19-16(13-31(17,27)28)22-20(26)23-19)21-14-6-5-7-15(12-14)32(29,30)24-10-3-4-11-24/h5-7,12,16-17,19H,1-4,8-11,13H2,(H,21,25)(H2,22,23,26)/t16-,17-,19+/m1/s1. The van der Waals surface area contributed by atoms with Gasteiger partial charge in [-0.25, -0.2) is 21.6 Å². The Kier molecular flexibility index (Phi) is 6.46. The van der Waals surface area contributed by atoms with Crippen LogP contribution in [0.5, 0.6) is 0 Å². The summed E-state index contributed by atoms with van der Waals surface area (Å²) in [6, 6.07) is 5.09. The Bertz CT molecular complexity index is 1100. The summed E-state index contributed by atoms with van der Waals surface area (Å²) < 4.78 is 51.5. The Morgan fingerprint density at radius 2 is 1.91 bits per heavy atom. The Morgan fingerprint density at radius 1 is 1.16 bits per heavy atom. The summed E-state index contributed by atoms with van der Waals surface area (Å²) in [5.41, 5.74) is 0.413. The molecule has 0 spiro atoms. The fraction of sp³-hybridized carbons (Fsp3) is 0.600. The maximum atomic E-state index is 12.7. The quantitative estimate of drug-likeness (QED) is 0.368. The van der Waals surface area contributed by atoms with Crippen LogP contribution >= 0.6 is 0 Å². The minimum atomic E-state index is -3.56. The summed E-state index contributed by atoms with van der Waals surface area (Å²) in [5, 5.41) is 7.40. The van der Waals surface area contributed by atoms with Crippen molar-refractivity contribution in [3.8, 4) is 0 Å². The van der Waals surface area contributed by atoms with Gasteiger partial charge in [-0.15, -0.1) is 0 Å². The number of fused-ring (bicyclic) bond motifs is 1. The molecule has 0 bridgehead atoms. The predicted molar refractivity (Wildman–Crippen MR) is 118 cm³/mol. The van der Waals surface area contributed by atoms with Gasteiger partial charge in [-0.05, 0) is 43.9 Å². The number of sulfone groups is 1. The summed E-state index contributed by atoms with van der Waals surface area (Å²) in [4.78, 5) is 23.9. The second-order valence-corrected chi connectivity index (χ2v) is 12.8. The van der Waals surface area contributed by atoms with Gasteiger partial charge in [0.15, 0.2) is 9.84 Å². The summed E-state index contributed by atoms with van der Waals surface area (Å²) in [6.45, 7) is 1.02. The highest BCUT2D eigenvalue weighted by atomic mass is 32.2. The predicted octanol–water partition coefficient (Wildman–Crippen LogP) is 0.817. The van der Waals surface area contributed by atoms with Crippen LogP contribution in [0.15, 0.2) is 29.2 Å². The number of carbonyl (C=O) groups is 2. The zero-order valence-electron chi connectivity index (χ0n) is 17.6. The van der Waals surface area contributed by atoms with Crippen LogP contribution in [0.4, 0.5) is 10.5 Å². The van der Waals surface area contributed by atoms with Gasteiger partial charge in [0.25, 0.3) is 0 Å². The molecule has 3 atom stereocenters. The molecule has 0 aliphatic carbocycles. The fourth-order valence-electron chi connectivity index (χ4n) is 4.67. The molecule has 1 aromatic rings. The number of sulfonamides is 1. The first kappa shape index (κ1) is 23.0. The number of unbranched alkanes of at least 4 members (excludes halogenated alkanes) is 1. The van der Waals surface area contributed by atoms with E-state index in [-0.39, 0.29) is 35.0 Å². The zero-order chi connectivity index (χ0) is 22.9. The van der Waals surface area contributed by atoms with E-state index in [1.54, 1.807) is 12.1 Å². The third-order valence-corrected chi connectivity index (χ3v) is 10.5. The second kappa shape index (κ2) is 8.99. The molecule has 0 radical (unpaired) electrons. The molecular weight excluding hydrogens is 456 g/mol. The van der Waals surface area contributed by atoms with Crippen molar-refractivity contribution in [2.24, 2.45) is 0 Å². The van der Waals surface area contributed by atoms with Crippen LogP contribution in [0.25, 0.3) is 0 Å². The summed E-state index contributed by atoms with van der Waals surface area (Å²) in [6.07, 6.45) is 3.28. The van der Waals surface area contributed by atoms with Crippen molar-refractivity contribution < 1.29 is 26.4 Å². The zero-order valence-corrected chi connectivity index (χ0v) is 19.3. The largest absolute Gasteiger partial charge is 0.332 e. The Labute approximate surface area is 188 Å². The fourth-order valence-corrected chi connectivity index (χ4v) is 8.50. The molecule has 4 rings (SSSR count). The van der Waals surface area contributed by atoms with E-state index in [4.69, 9.17) is 0 Å². The summed E-state index contributed by atoms with van der Waals surface area (Å²) in [7, 11) is -6.84. The Morgan fingerprint density at radius 3 is 2.66 bits per heavy atom. The lowest BCUT2D eigenvalue weighted by Gasteiger charge is -2.16. The van der Waals surface area contributed by atoms with Gasteiger partial charge in [-0.3, -0.25) is 4.79 Å². The van der Waals surface area contributed by atoms with Gasteiger partial charge in [0, 0.05) is 25.2 Å².